The first-order valence-corrected chi connectivity index (χ1v) is 7.65. The molecule has 0 spiro atoms. The van der Waals surface area contributed by atoms with Crippen LogP contribution in [0, 0.1) is 10.8 Å². The van der Waals surface area contributed by atoms with Gasteiger partial charge in [0.05, 0.1) is 5.41 Å². The topological polar surface area (TPSA) is 43.4 Å². The number of Topliss-reactive ketones (excluding diaryl/α,β-unsaturated/α-hetero) is 1. The number of halogens is 1. The molecular formula is C17H19BrO3. The van der Waals surface area contributed by atoms with Gasteiger partial charge in [0, 0.05) is 4.48 Å². The Morgan fingerprint density at radius 1 is 1.14 bits per heavy atom. The van der Waals surface area contributed by atoms with E-state index in [1.807, 2.05) is 50.3 Å². The van der Waals surface area contributed by atoms with Gasteiger partial charge in [-0.3, -0.25) is 9.59 Å². The van der Waals surface area contributed by atoms with Gasteiger partial charge in [0.15, 0.2) is 5.78 Å². The Balaban J connectivity index is 2.38. The van der Waals surface area contributed by atoms with Crippen LogP contribution >= 0.6 is 15.9 Å². The molecule has 0 aromatic heterocycles. The standard InChI is InChI=1S/C17H19BrO3/c1-16(2)13(21-15(20)17(3,4)14(16)19)12(18)10-11-8-6-5-7-9-11/h5-10,13H,1-4H3/b12-10+/t13-/m1/s1. The zero-order valence-corrected chi connectivity index (χ0v) is 14.2. The lowest BCUT2D eigenvalue weighted by atomic mass is 9.68. The average molecular weight is 351 g/mol. The number of ketones is 1. The van der Waals surface area contributed by atoms with Crippen LogP contribution in [-0.2, 0) is 14.3 Å². The molecule has 1 saturated heterocycles. The quantitative estimate of drug-likeness (QED) is 0.598. The number of carbonyl (C=O) groups is 2. The molecule has 0 bridgehead atoms. The minimum atomic E-state index is -1.10. The molecule has 21 heavy (non-hydrogen) atoms. The zero-order chi connectivity index (χ0) is 15.8. The second-order valence-corrected chi connectivity index (χ2v) is 7.32. The summed E-state index contributed by atoms with van der Waals surface area (Å²) in [5.41, 5.74) is -0.893. The van der Waals surface area contributed by atoms with Crippen molar-refractivity contribution >= 4 is 33.8 Å². The third-order valence-electron chi connectivity index (χ3n) is 3.90. The van der Waals surface area contributed by atoms with E-state index in [1.54, 1.807) is 13.8 Å². The van der Waals surface area contributed by atoms with E-state index in [0.717, 1.165) is 5.56 Å². The van der Waals surface area contributed by atoms with Gasteiger partial charge >= 0.3 is 5.97 Å². The Morgan fingerprint density at radius 2 is 1.71 bits per heavy atom. The van der Waals surface area contributed by atoms with Crippen LogP contribution in [0.3, 0.4) is 0 Å². The first-order chi connectivity index (χ1) is 9.67. The van der Waals surface area contributed by atoms with Gasteiger partial charge in [0.25, 0.3) is 0 Å². The maximum Gasteiger partial charge on any atom is 0.319 e. The van der Waals surface area contributed by atoms with Gasteiger partial charge in [0.2, 0.25) is 0 Å². The molecule has 3 nitrogen and oxygen atoms in total. The molecule has 0 N–H and O–H groups in total. The van der Waals surface area contributed by atoms with Crippen LogP contribution in [-0.4, -0.2) is 17.9 Å². The first kappa shape index (κ1) is 16.0. The number of hydrogen-bond acceptors (Lipinski definition) is 3. The monoisotopic (exact) mass is 350 g/mol. The molecule has 1 aromatic rings. The number of cyclic esters (lactones) is 1. The number of esters is 1. The predicted octanol–water partition coefficient (Wildman–Crippen LogP) is 3.97. The van der Waals surface area contributed by atoms with Crippen molar-refractivity contribution in [2.24, 2.45) is 10.8 Å². The lowest BCUT2D eigenvalue weighted by molar-refractivity contribution is -0.181. The smallest absolute Gasteiger partial charge is 0.319 e. The molecule has 1 aromatic carbocycles. The van der Waals surface area contributed by atoms with E-state index >= 15 is 0 Å². The molecule has 1 aliphatic heterocycles. The number of rotatable bonds is 2. The van der Waals surface area contributed by atoms with Crippen molar-refractivity contribution in [1.29, 1.82) is 0 Å². The highest BCUT2D eigenvalue weighted by atomic mass is 79.9. The summed E-state index contributed by atoms with van der Waals surface area (Å²) >= 11 is 3.48. The van der Waals surface area contributed by atoms with E-state index in [9.17, 15) is 9.59 Å². The third-order valence-corrected chi connectivity index (χ3v) is 4.54. The number of ether oxygens (including phenoxy) is 1. The fraction of sp³-hybridized carbons (Fsp3) is 0.412. The van der Waals surface area contributed by atoms with Gasteiger partial charge in [-0.15, -0.1) is 0 Å². The van der Waals surface area contributed by atoms with E-state index in [2.05, 4.69) is 15.9 Å². The van der Waals surface area contributed by atoms with Crippen LogP contribution in [0.25, 0.3) is 6.08 Å². The van der Waals surface area contributed by atoms with Crippen LogP contribution in [0.1, 0.15) is 33.3 Å². The normalized spacial score (nSPS) is 24.6. The van der Waals surface area contributed by atoms with Gasteiger partial charge in [-0.1, -0.05) is 46.3 Å². The van der Waals surface area contributed by atoms with Crippen molar-refractivity contribution < 1.29 is 14.3 Å². The van der Waals surface area contributed by atoms with Gasteiger partial charge in [-0.2, -0.15) is 0 Å². The first-order valence-electron chi connectivity index (χ1n) is 6.85. The Bertz CT molecular complexity index is 600. The summed E-state index contributed by atoms with van der Waals surface area (Å²) in [7, 11) is 0. The van der Waals surface area contributed by atoms with Crippen LogP contribution < -0.4 is 0 Å². The molecule has 0 saturated carbocycles. The summed E-state index contributed by atoms with van der Waals surface area (Å²) in [5.74, 6) is -0.579. The fourth-order valence-electron chi connectivity index (χ4n) is 2.60. The molecule has 112 valence electrons. The second-order valence-electron chi connectivity index (χ2n) is 6.40. The Kier molecular flexibility index (Phi) is 4.11. The molecule has 1 heterocycles. The van der Waals surface area contributed by atoms with Gasteiger partial charge in [0.1, 0.15) is 11.5 Å². The Morgan fingerprint density at radius 3 is 2.29 bits per heavy atom. The SMILES string of the molecule is CC1(C)C(=O)O[C@H](/C(Br)=C\c2ccccc2)C(C)(C)C1=O. The van der Waals surface area contributed by atoms with Crippen molar-refractivity contribution in [1.82, 2.24) is 0 Å². The predicted molar refractivity (Wildman–Crippen MR) is 85.8 cm³/mol. The molecule has 1 atom stereocenters. The molecule has 0 radical (unpaired) electrons. The molecule has 4 heteroatoms. The fourth-order valence-corrected chi connectivity index (χ4v) is 3.53. The highest BCUT2D eigenvalue weighted by molar-refractivity contribution is 9.11. The molecule has 1 fully saturated rings. The number of hydrogen-bond donors (Lipinski definition) is 0. The molecule has 2 rings (SSSR count). The zero-order valence-electron chi connectivity index (χ0n) is 12.6. The number of carbonyl (C=O) groups excluding carboxylic acids is 2. The number of benzene rings is 1. The molecule has 0 amide bonds. The van der Waals surface area contributed by atoms with E-state index in [-0.39, 0.29) is 5.78 Å². The summed E-state index contributed by atoms with van der Waals surface area (Å²) in [4.78, 5) is 24.7. The van der Waals surface area contributed by atoms with Crippen LogP contribution in [0.2, 0.25) is 0 Å². The third kappa shape index (κ3) is 2.82. The summed E-state index contributed by atoms with van der Waals surface area (Å²) in [6.07, 6.45) is 1.27. The maximum absolute atomic E-state index is 12.6. The van der Waals surface area contributed by atoms with Crippen molar-refractivity contribution in [2.75, 3.05) is 0 Å². The van der Waals surface area contributed by atoms with Gasteiger partial charge < -0.3 is 4.74 Å². The van der Waals surface area contributed by atoms with E-state index in [4.69, 9.17) is 4.74 Å². The molecule has 1 aliphatic rings. The lowest BCUT2D eigenvalue weighted by Crippen LogP contribution is -2.56. The Labute approximate surface area is 133 Å². The van der Waals surface area contributed by atoms with Crippen molar-refractivity contribution in [3.05, 3.63) is 40.4 Å². The summed E-state index contributed by atoms with van der Waals surface area (Å²) in [6, 6.07) is 9.69. The van der Waals surface area contributed by atoms with E-state index in [1.165, 1.54) is 0 Å². The van der Waals surface area contributed by atoms with Crippen LogP contribution in [0.15, 0.2) is 34.8 Å². The molecule has 0 aliphatic carbocycles. The summed E-state index contributed by atoms with van der Waals surface area (Å²) < 4.78 is 6.24. The highest BCUT2D eigenvalue weighted by Gasteiger charge is 2.55. The summed E-state index contributed by atoms with van der Waals surface area (Å²) in [5, 5.41) is 0. The van der Waals surface area contributed by atoms with Crippen LogP contribution in [0.4, 0.5) is 0 Å². The highest BCUT2D eigenvalue weighted by Crippen LogP contribution is 2.44. The van der Waals surface area contributed by atoms with Crippen LogP contribution in [0.5, 0.6) is 0 Å². The minimum Gasteiger partial charge on any atom is -0.455 e. The minimum absolute atomic E-state index is 0.102. The van der Waals surface area contributed by atoms with Gasteiger partial charge in [-0.05, 0) is 39.3 Å². The van der Waals surface area contributed by atoms with Crippen molar-refractivity contribution in [2.45, 2.75) is 33.8 Å². The van der Waals surface area contributed by atoms with Crippen molar-refractivity contribution in [3.63, 3.8) is 0 Å². The molecular weight excluding hydrogens is 332 g/mol. The Hall–Kier alpha value is -1.42. The summed E-state index contributed by atoms with van der Waals surface area (Å²) in [6.45, 7) is 6.86. The van der Waals surface area contributed by atoms with E-state index < -0.39 is 22.9 Å². The average Bonchev–Trinajstić information content (AvgIpc) is 2.42. The maximum atomic E-state index is 12.6. The van der Waals surface area contributed by atoms with Crippen molar-refractivity contribution in [3.8, 4) is 0 Å². The van der Waals surface area contributed by atoms with E-state index in [0.29, 0.717) is 4.48 Å². The lowest BCUT2D eigenvalue weighted by Gasteiger charge is -2.43. The molecule has 0 unspecified atom stereocenters. The second kappa shape index (κ2) is 5.41. The largest absolute Gasteiger partial charge is 0.455 e. The van der Waals surface area contributed by atoms with Gasteiger partial charge in [-0.25, -0.2) is 0 Å².